The molecule has 0 radical (unpaired) electrons. The molecule has 2 heterocycles. The smallest absolute Gasteiger partial charge is 0.293 e. The summed E-state index contributed by atoms with van der Waals surface area (Å²) in [5.41, 5.74) is 2.32. The second kappa shape index (κ2) is 8.73. The monoisotopic (exact) mass is 453 g/mol. The minimum absolute atomic E-state index is 0.286. The Morgan fingerprint density at radius 3 is 2.58 bits per heavy atom. The molecule has 1 fully saturated rings. The van der Waals surface area contributed by atoms with Crippen molar-refractivity contribution in [3.05, 3.63) is 64.5 Å². The Morgan fingerprint density at radius 1 is 1.18 bits per heavy atom. The summed E-state index contributed by atoms with van der Waals surface area (Å²) in [5.74, 6) is -2.23. The number of hydrogen-bond acceptors (Lipinski definition) is 5. The van der Waals surface area contributed by atoms with Crippen LogP contribution in [0.5, 0.6) is 0 Å². The molecule has 1 aromatic carbocycles. The lowest BCUT2D eigenvalue weighted by molar-refractivity contribution is -0.117. The molecule has 1 saturated carbocycles. The van der Waals surface area contributed by atoms with Crippen molar-refractivity contribution < 1.29 is 18.8 Å². The molecular formula is C24H28FN5O3. The van der Waals surface area contributed by atoms with Crippen LogP contribution in [0.15, 0.2) is 36.2 Å². The predicted molar refractivity (Wildman–Crippen MR) is 122 cm³/mol. The molecule has 1 aliphatic heterocycles. The molecule has 0 spiro atoms. The number of nitrogens with one attached hydrogen (secondary N) is 4. The molecule has 2 aromatic rings. The second-order valence-electron chi connectivity index (χ2n) is 8.48. The van der Waals surface area contributed by atoms with Gasteiger partial charge in [-0.2, -0.15) is 0 Å². The third-order valence-electron chi connectivity index (χ3n) is 6.32. The molecule has 0 bridgehead atoms. The first kappa shape index (κ1) is 22.6. The van der Waals surface area contributed by atoms with Gasteiger partial charge in [0.2, 0.25) is 0 Å². The molecule has 9 heteroatoms. The number of anilines is 1. The summed E-state index contributed by atoms with van der Waals surface area (Å²) < 4.78 is 15.3. The van der Waals surface area contributed by atoms with Crippen LogP contribution in [0, 0.1) is 12.7 Å². The average molecular weight is 454 g/mol. The maximum atomic E-state index is 13.5. The van der Waals surface area contributed by atoms with Crippen molar-refractivity contribution in [2.24, 2.45) is 0 Å². The van der Waals surface area contributed by atoms with Gasteiger partial charge >= 0.3 is 0 Å². The highest BCUT2D eigenvalue weighted by Gasteiger charge is 2.48. The van der Waals surface area contributed by atoms with E-state index in [-0.39, 0.29) is 5.56 Å². The number of halogens is 1. The van der Waals surface area contributed by atoms with Gasteiger partial charge in [-0.15, -0.1) is 0 Å². The van der Waals surface area contributed by atoms with Gasteiger partial charge in [0, 0.05) is 38.2 Å². The third kappa shape index (κ3) is 4.10. The predicted octanol–water partition coefficient (Wildman–Crippen LogP) is 2.25. The molecule has 1 aliphatic carbocycles. The lowest BCUT2D eigenvalue weighted by atomic mass is 10.0. The average Bonchev–Trinajstić information content (AvgIpc) is 3.30. The standard InChI is InChI=1S/C24H28FN5O3/c1-14-19(21(31)23(33)29-24(9-10-24)18(27-3)13-26-2)17-8-5-11-30(17)20(14)22(32)28-16-7-4-6-15(25)12-16/h4,6-7,12-13,26-27H,5,8-11H2,1-3H3,(H,28,32)(H,29,33)/b18-13-. The summed E-state index contributed by atoms with van der Waals surface area (Å²) in [6, 6.07) is 5.63. The number of rotatable bonds is 8. The van der Waals surface area contributed by atoms with Crippen LogP contribution >= 0.6 is 0 Å². The maximum absolute atomic E-state index is 13.5. The Kier molecular flexibility index (Phi) is 5.97. The van der Waals surface area contributed by atoms with Crippen LogP contribution in [0.3, 0.4) is 0 Å². The lowest BCUT2D eigenvalue weighted by Crippen LogP contribution is -2.45. The van der Waals surface area contributed by atoms with E-state index in [1.165, 1.54) is 18.2 Å². The van der Waals surface area contributed by atoms with Crippen molar-refractivity contribution in [2.75, 3.05) is 19.4 Å². The van der Waals surface area contributed by atoms with Gasteiger partial charge in [-0.05, 0) is 56.4 Å². The molecule has 2 aliphatic rings. The van der Waals surface area contributed by atoms with E-state index in [2.05, 4.69) is 21.3 Å². The highest BCUT2D eigenvalue weighted by Crippen LogP contribution is 2.41. The SMILES string of the molecule is CN/C=C(\NC)C1(NC(=O)C(=O)c2c(C)c(C(=O)Nc3cccc(F)c3)n3c2CCC3)CC1. The fourth-order valence-electron chi connectivity index (χ4n) is 4.64. The normalized spacial score (nSPS) is 16.1. The van der Waals surface area contributed by atoms with E-state index < -0.39 is 29.0 Å². The number of fused-ring (bicyclic) bond motifs is 1. The van der Waals surface area contributed by atoms with E-state index in [4.69, 9.17) is 0 Å². The van der Waals surface area contributed by atoms with Crippen LogP contribution in [0.2, 0.25) is 0 Å². The Bertz CT molecular complexity index is 1160. The van der Waals surface area contributed by atoms with Gasteiger partial charge in [0.25, 0.3) is 17.6 Å². The Balaban J connectivity index is 1.61. The summed E-state index contributed by atoms with van der Waals surface area (Å²) in [6.07, 6.45) is 4.61. The van der Waals surface area contributed by atoms with E-state index in [0.717, 1.165) is 25.0 Å². The molecule has 0 saturated heterocycles. The van der Waals surface area contributed by atoms with E-state index in [0.29, 0.717) is 35.6 Å². The number of aromatic nitrogens is 1. The van der Waals surface area contributed by atoms with Crippen molar-refractivity contribution in [1.82, 2.24) is 20.5 Å². The third-order valence-corrected chi connectivity index (χ3v) is 6.32. The first-order chi connectivity index (χ1) is 15.8. The molecule has 1 aromatic heterocycles. The van der Waals surface area contributed by atoms with Crippen molar-refractivity contribution >= 4 is 23.3 Å². The summed E-state index contributed by atoms with van der Waals surface area (Å²) in [6.45, 7) is 2.26. The fraction of sp³-hybridized carbons (Fsp3) is 0.375. The fourth-order valence-corrected chi connectivity index (χ4v) is 4.64. The van der Waals surface area contributed by atoms with Crippen LogP contribution in [-0.2, 0) is 17.8 Å². The molecule has 2 amide bonds. The van der Waals surface area contributed by atoms with Gasteiger partial charge in [-0.25, -0.2) is 4.39 Å². The Labute approximate surface area is 191 Å². The number of likely N-dealkylation sites (N-methyl/N-ethyl adjacent to an activating group) is 1. The Morgan fingerprint density at radius 2 is 1.94 bits per heavy atom. The molecular weight excluding hydrogens is 425 g/mol. The number of Topliss-reactive ketones (excluding diaryl/α,β-unsaturated/α-hetero) is 1. The summed E-state index contributed by atoms with van der Waals surface area (Å²) in [5, 5.41) is 11.6. The number of hydrogen-bond donors (Lipinski definition) is 4. The van der Waals surface area contributed by atoms with Crippen molar-refractivity contribution in [3.8, 4) is 0 Å². The van der Waals surface area contributed by atoms with Crippen molar-refractivity contribution in [3.63, 3.8) is 0 Å². The molecule has 0 atom stereocenters. The maximum Gasteiger partial charge on any atom is 0.293 e. The Hall–Kier alpha value is -3.62. The summed E-state index contributed by atoms with van der Waals surface area (Å²) in [4.78, 5) is 39.3. The summed E-state index contributed by atoms with van der Waals surface area (Å²) in [7, 11) is 3.54. The van der Waals surface area contributed by atoms with Gasteiger partial charge in [0.1, 0.15) is 11.5 Å². The van der Waals surface area contributed by atoms with Gasteiger partial charge in [0.15, 0.2) is 0 Å². The van der Waals surface area contributed by atoms with Crippen LogP contribution in [-0.4, -0.2) is 41.8 Å². The number of ketones is 1. The molecule has 8 nitrogen and oxygen atoms in total. The molecule has 0 unspecified atom stereocenters. The largest absolute Gasteiger partial charge is 0.393 e. The highest BCUT2D eigenvalue weighted by atomic mass is 19.1. The number of carbonyl (C=O) groups is 3. The molecule has 4 N–H and O–H groups in total. The zero-order valence-corrected chi connectivity index (χ0v) is 19.0. The van der Waals surface area contributed by atoms with E-state index in [9.17, 15) is 18.8 Å². The molecule has 174 valence electrons. The first-order valence-electron chi connectivity index (χ1n) is 11.0. The first-order valence-corrected chi connectivity index (χ1v) is 11.0. The van der Waals surface area contributed by atoms with Crippen LogP contribution < -0.4 is 21.3 Å². The molecule has 33 heavy (non-hydrogen) atoms. The van der Waals surface area contributed by atoms with Crippen LogP contribution in [0.25, 0.3) is 0 Å². The number of carbonyl (C=O) groups excluding carboxylic acids is 3. The van der Waals surface area contributed by atoms with E-state index in [1.54, 1.807) is 37.9 Å². The van der Waals surface area contributed by atoms with Gasteiger partial charge in [-0.3, -0.25) is 14.4 Å². The van der Waals surface area contributed by atoms with Gasteiger partial charge in [-0.1, -0.05) is 6.07 Å². The van der Waals surface area contributed by atoms with Crippen molar-refractivity contribution in [1.29, 1.82) is 0 Å². The zero-order chi connectivity index (χ0) is 23.8. The van der Waals surface area contributed by atoms with E-state index in [1.807, 2.05) is 0 Å². The minimum atomic E-state index is -0.690. The number of nitrogens with zero attached hydrogens (tertiary/aromatic N) is 1. The lowest BCUT2D eigenvalue weighted by Gasteiger charge is -2.20. The topological polar surface area (TPSA) is 104 Å². The number of benzene rings is 1. The number of amides is 2. The van der Waals surface area contributed by atoms with Gasteiger partial charge in [0.05, 0.1) is 16.8 Å². The minimum Gasteiger partial charge on any atom is -0.393 e. The quantitative estimate of drug-likeness (QED) is 0.363. The van der Waals surface area contributed by atoms with Crippen molar-refractivity contribution in [2.45, 2.75) is 44.7 Å². The summed E-state index contributed by atoms with van der Waals surface area (Å²) >= 11 is 0. The van der Waals surface area contributed by atoms with E-state index >= 15 is 0 Å². The highest BCUT2D eigenvalue weighted by molar-refractivity contribution is 6.44. The zero-order valence-electron chi connectivity index (χ0n) is 19.0. The van der Waals surface area contributed by atoms with Crippen LogP contribution in [0.1, 0.15) is 51.4 Å². The molecule has 4 rings (SSSR count). The van der Waals surface area contributed by atoms with Gasteiger partial charge < -0.3 is 25.8 Å². The van der Waals surface area contributed by atoms with Crippen LogP contribution in [0.4, 0.5) is 10.1 Å². The second-order valence-corrected chi connectivity index (χ2v) is 8.48.